The Hall–Kier alpha value is -0.560. The van der Waals surface area contributed by atoms with Crippen LogP contribution in [0, 0.1) is 5.92 Å². The molecule has 1 heteroatoms. The van der Waals surface area contributed by atoms with E-state index in [9.17, 15) is 0 Å². The zero-order valence-electron chi connectivity index (χ0n) is 10.4. The third kappa shape index (κ3) is 9.53. The predicted octanol–water partition coefficient (Wildman–Crippen LogP) is 3.53. The molecule has 1 nitrogen and oxygen atoms in total. The van der Waals surface area contributed by atoms with Crippen LogP contribution in [-0.4, -0.2) is 13.1 Å². The van der Waals surface area contributed by atoms with Gasteiger partial charge in [0, 0.05) is 0 Å². The minimum atomic E-state index is 0.748. The fourth-order valence-corrected chi connectivity index (χ4v) is 1.31. The second-order valence-corrected chi connectivity index (χ2v) is 4.56. The van der Waals surface area contributed by atoms with Crippen molar-refractivity contribution in [1.29, 1.82) is 0 Å². The van der Waals surface area contributed by atoms with Gasteiger partial charge in [-0.05, 0) is 46.2 Å². The van der Waals surface area contributed by atoms with Crippen molar-refractivity contribution in [3.8, 4) is 0 Å². The molecule has 0 fully saturated rings. The number of nitrogens with one attached hydrogen (secondary N) is 1. The Labute approximate surface area is 89.3 Å². The maximum atomic E-state index is 3.43. The fraction of sp³-hybridized carbons (Fsp3) is 0.692. The van der Waals surface area contributed by atoms with Crippen LogP contribution in [0.25, 0.3) is 0 Å². The molecule has 0 bridgehead atoms. The molecule has 0 unspecified atom stereocenters. The van der Waals surface area contributed by atoms with Crippen LogP contribution in [-0.2, 0) is 0 Å². The largest absolute Gasteiger partial charge is 0.316 e. The second-order valence-electron chi connectivity index (χ2n) is 4.56. The van der Waals surface area contributed by atoms with Gasteiger partial charge in [-0.3, -0.25) is 0 Å². The minimum Gasteiger partial charge on any atom is -0.316 e. The molecule has 0 heterocycles. The smallest absolute Gasteiger partial charge is 0.00139 e. The van der Waals surface area contributed by atoms with Gasteiger partial charge in [0.2, 0.25) is 0 Å². The van der Waals surface area contributed by atoms with E-state index in [1.807, 2.05) is 0 Å². The van der Waals surface area contributed by atoms with Crippen LogP contribution in [0.5, 0.6) is 0 Å². The van der Waals surface area contributed by atoms with Gasteiger partial charge in [0.25, 0.3) is 0 Å². The number of rotatable bonds is 6. The van der Waals surface area contributed by atoms with Crippen LogP contribution in [0.3, 0.4) is 0 Å². The van der Waals surface area contributed by atoms with Crippen LogP contribution in [0.1, 0.15) is 41.0 Å². The van der Waals surface area contributed by atoms with E-state index in [1.54, 1.807) is 0 Å². The zero-order chi connectivity index (χ0) is 11.0. The molecule has 0 aromatic heterocycles. The highest BCUT2D eigenvalue weighted by Gasteiger charge is 1.91. The molecule has 0 aromatic carbocycles. The van der Waals surface area contributed by atoms with Gasteiger partial charge < -0.3 is 5.32 Å². The van der Waals surface area contributed by atoms with Gasteiger partial charge in [-0.15, -0.1) is 0 Å². The van der Waals surface area contributed by atoms with E-state index in [-0.39, 0.29) is 0 Å². The first-order valence-corrected chi connectivity index (χ1v) is 5.54. The summed E-state index contributed by atoms with van der Waals surface area (Å²) in [6.07, 6.45) is 5.64. The van der Waals surface area contributed by atoms with Gasteiger partial charge in [-0.2, -0.15) is 0 Å². The molecule has 0 rings (SSSR count). The first kappa shape index (κ1) is 13.4. The van der Waals surface area contributed by atoms with Crippen LogP contribution >= 0.6 is 0 Å². The van der Waals surface area contributed by atoms with E-state index in [0.717, 1.165) is 25.4 Å². The van der Waals surface area contributed by atoms with Crippen LogP contribution in [0.2, 0.25) is 0 Å². The molecule has 0 aliphatic rings. The molecule has 0 aliphatic heterocycles. The Bertz CT molecular complexity index is 195. The Kier molecular flexibility index (Phi) is 7.50. The lowest BCUT2D eigenvalue weighted by Gasteiger charge is -2.05. The lowest BCUT2D eigenvalue weighted by atomic mass is 10.2. The second kappa shape index (κ2) is 7.81. The molecular weight excluding hydrogens is 170 g/mol. The van der Waals surface area contributed by atoms with Gasteiger partial charge >= 0.3 is 0 Å². The summed E-state index contributed by atoms with van der Waals surface area (Å²) in [7, 11) is 0. The number of hydrogen-bond donors (Lipinski definition) is 1. The normalized spacial score (nSPS) is 12.0. The van der Waals surface area contributed by atoms with Crippen LogP contribution in [0.4, 0.5) is 0 Å². The maximum absolute atomic E-state index is 3.43. The summed E-state index contributed by atoms with van der Waals surface area (Å²) < 4.78 is 0. The molecule has 1 N–H and O–H groups in total. The van der Waals surface area contributed by atoms with Crippen molar-refractivity contribution in [2.24, 2.45) is 5.92 Å². The first-order chi connectivity index (χ1) is 6.52. The number of allylic oxidation sites excluding steroid dienone is 3. The van der Waals surface area contributed by atoms with Crippen molar-refractivity contribution >= 4 is 0 Å². The summed E-state index contributed by atoms with van der Waals surface area (Å²) in [6, 6.07) is 0. The third-order valence-corrected chi connectivity index (χ3v) is 1.86. The zero-order valence-corrected chi connectivity index (χ0v) is 10.4. The minimum absolute atomic E-state index is 0.748. The monoisotopic (exact) mass is 195 g/mol. The van der Waals surface area contributed by atoms with E-state index < -0.39 is 0 Å². The predicted molar refractivity (Wildman–Crippen MR) is 65.5 cm³/mol. The van der Waals surface area contributed by atoms with Crippen molar-refractivity contribution in [3.63, 3.8) is 0 Å². The highest BCUT2D eigenvalue weighted by Crippen LogP contribution is 2.01. The molecule has 14 heavy (non-hydrogen) atoms. The Morgan fingerprint density at radius 3 is 2.36 bits per heavy atom. The lowest BCUT2D eigenvalue weighted by Crippen LogP contribution is -2.20. The van der Waals surface area contributed by atoms with Gasteiger partial charge in [0.05, 0.1) is 0 Å². The molecular formula is C13H25N. The van der Waals surface area contributed by atoms with Gasteiger partial charge in [-0.1, -0.05) is 37.1 Å². The SMILES string of the molecule is CC(C)=CC(C)=CCCNCC(C)C. The molecule has 0 atom stereocenters. The van der Waals surface area contributed by atoms with Crippen LogP contribution < -0.4 is 5.32 Å². The molecule has 0 saturated carbocycles. The molecule has 0 radical (unpaired) electrons. The summed E-state index contributed by atoms with van der Waals surface area (Å²) in [5.74, 6) is 0.748. The number of hydrogen-bond acceptors (Lipinski definition) is 1. The van der Waals surface area contributed by atoms with E-state index in [1.165, 1.54) is 11.1 Å². The van der Waals surface area contributed by atoms with Crippen molar-refractivity contribution in [3.05, 3.63) is 23.3 Å². The van der Waals surface area contributed by atoms with E-state index in [4.69, 9.17) is 0 Å². The topological polar surface area (TPSA) is 12.0 Å². The Morgan fingerprint density at radius 2 is 1.86 bits per heavy atom. The van der Waals surface area contributed by atoms with E-state index in [2.05, 4.69) is 52.1 Å². The Balaban J connectivity index is 3.56. The van der Waals surface area contributed by atoms with E-state index >= 15 is 0 Å². The summed E-state index contributed by atoms with van der Waals surface area (Å²) in [5.41, 5.74) is 2.74. The molecule has 0 amide bonds. The molecule has 0 aromatic rings. The molecule has 0 aliphatic carbocycles. The maximum Gasteiger partial charge on any atom is -0.00139 e. The molecule has 82 valence electrons. The standard InChI is InChI=1S/C13H25N/c1-11(2)9-13(5)7-6-8-14-10-12(3)4/h7,9,12,14H,6,8,10H2,1-5H3. The van der Waals surface area contributed by atoms with Gasteiger partial charge in [0.15, 0.2) is 0 Å². The highest BCUT2D eigenvalue weighted by atomic mass is 14.8. The summed E-state index contributed by atoms with van der Waals surface area (Å²) in [4.78, 5) is 0. The first-order valence-electron chi connectivity index (χ1n) is 5.54. The Morgan fingerprint density at radius 1 is 1.21 bits per heavy atom. The molecule has 0 saturated heterocycles. The summed E-state index contributed by atoms with van der Waals surface area (Å²) in [5, 5.41) is 3.43. The van der Waals surface area contributed by atoms with Crippen molar-refractivity contribution in [1.82, 2.24) is 5.32 Å². The lowest BCUT2D eigenvalue weighted by molar-refractivity contribution is 0.556. The summed E-state index contributed by atoms with van der Waals surface area (Å²) >= 11 is 0. The molecule has 0 spiro atoms. The average molecular weight is 195 g/mol. The highest BCUT2D eigenvalue weighted by molar-refractivity contribution is 5.19. The van der Waals surface area contributed by atoms with Gasteiger partial charge in [-0.25, -0.2) is 0 Å². The fourth-order valence-electron chi connectivity index (χ4n) is 1.31. The van der Waals surface area contributed by atoms with E-state index in [0.29, 0.717) is 0 Å². The van der Waals surface area contributed by atoms with Crippen LogP contribution in [0.15, 0.2) is 23.3 Å². The van der Waals surface area contributed by atoms with Gasteiger partial charge in [0.1, 0.15) is 0 Å². The van der Waals surface area contributed by atoms with Crippen molar-refractivity contribution in [2.45, 2.75) is 41.0 Å². The average Bonchev–Trinajstić information content (AvgIpc) is 2.01. The van der Waals surface area contributed by atoms with Crippen molar-refractivity contribution < 1.29 is 0 Å². The summed E-state index contributed by atoms with van der Waals surface area (Å²) in [6.45, 7) is 13.1. The quantitative estimate of drug-likeness (QED) is 0.505. The third-order valence-electron chi connectivity index (χ3n) is 1.86. The van der Waals surface area contributed by atoms with Crippen molar-refractivity contribution in [2.75, 3.05) is 13.1 Å².